The van der Waals surface area contributed by atoms with Crippen LogP contribution in [0.5, 0.6) is 17.2 Å². The van der Waals surface area contributed by atoms with Gasteiger partial charge in [-0.3, -0.25) is 0 Å². The summed E-state index contributed by atoms with van der Waals surface area (Å²) < 4.78 is 21.3. The van der Waals surface area contributed by atoms with E-state index >= 15 is 0 Å². The van der Waals surface area contributed by atoms with Crippen LogP contribution in [0.4, 0.5) is 0 Å². The molecule has 0 amide bonds. The van der Waals surface area contributed by atoms with Crippen LogP contribution < -0.4 is 19.5 Å². The van der Waals surface area contributed by atoms with Gasteiger partial charge in [0, 0.05) is 13.1 Å². The Morgan fingerprint density at radius 3 is 2.55 bits per heavy atom. The first kappa shape index (κ1) is 18.3. The second-order valence-corrected chi connectivity index (χ2v) is 4.52. The number of hydrogen-bond acceptors (Lipinski definition) is 6. The number of aliphatic hydroxyl groups is 1. The molecule has 0 spiro atoms. The van der Waals surface area contributed by atoms with E-state index in [4.69, 9.17) is 18.9 Å². The smallest absolute Gasteiger partial charge is 0.203 e. The number of rotatable bonds is 12. The predicted octanol–water partition coefficient (Wildman–Crippen LogP) is 1.24. The first-order chi connectivity index (χ1) is 10.7. The van der Waals surface area contributed by atoms with Gasteiger partial charge in [-0.25, -0.2) is 0 Å². The van der Waals surface area contributed by atoms with Gasteiger partial charge in [-0.15, -0.1) is 6.58 Å². The molecule has 2 N–H and O–H groups in total. The van der Waals surface area contributed by atoms with Gasteiger partial charge in [0.05, 0.1) is 33.5 Å². The van der Waals surface area contributed by atoms with Gasteiger partial charge in [0.2, 0.25) is 5.75 Å². The third kappa shape index (κ3) is 6.34. The van der Waals surface area contributed by atoms with Crippen molar-refractivity contribution < 1.29 is 24.1 Å². The normalized spacial score (nSPS) is 11.8. The van der Waals surface area contributed by atoms with E-state index < -0.39 is 6.10 Å². The quantitative estimate of drug-likeness (QED) is 0.447. The molecule has 124 valence electrons. The number of benzene rings is 1. The van der Waals surface area contributed by atoms with Gasteiger partial charge in [0.25, 0.3) is 0 Å². The molecule has 1 aromatic carbocycles. The van der Waals surface area contributed by atoms with Crippen LogP contribution in [0, 0.1) is 0 Å². The third-order valence-corrected chi connectivity index (χ3v) is 2.83. The number of para-hydroxylation sites is 1. The molecule has 0 aliphatic rings. The average molecular weight is 311 g/mol. The molecule has 0 aliphatic carbocycles. The Morgan fingerprint density at radius 2 is 1.95 bits per heavy atom. The Kier molecular flexibility index (Phi) is 9.06. The molecule has 1 rings (SSSR count). The molecular weight excluding hydrogens is 286 g/mol. The van der Waals surface area contributed by atoms with Crippen molar-refractivity contribution in [2.75, 3.05) is 47.1 Å². The van der Waals surface area contributed by atoms with Crippen LogP contribution in [0.25, 0.3) is 0 Å². The maximum absolute atomic E-state index is 9.65. The van der Waals surface area contributed by atoms with Crippen LogP contribution >= 0.6 is 0 Å². The molecule has 1 atom stereocenters. The highest BCUT2D eigenvalue weighted by Gasteiger charge is 2.11. The summed E-state index contributed by atoms with van der Waals surface area (Å²) in [5.41, 5.74) is 0. The Bertz CT molecular complexity index is 416. The molecule has 22 heavy (non-hydrogen) atoms. The van der Waals surface area contributed by atoms with Crippen molar-refractivity contribution in [2.45, 2.75) is 6.10 Å². The summed E-state index contributed by atoms with van der Waals surface area (Å²) in [6.45, 7) is 5.70. The minimum Gasteiger partial charge on any atom is -0.493 e. The van der Waals surface area contributed by atoms with Crippen molar-refractivity contribution in [1.29, 1.82) is 0 Å². The highest BCUT2D eigenvalue weighted by atomic mass is 16.5. The molecule has 0 radical (unpaired) electrons. The lowest BCUT2D eigenvalue weighted by atomic mass is 10.3. The fraction of sp³-hybridized carbons (Fsp3) is 0.500. The van der Waals surface area contributed by atoms with E-state index in [2.05, 4.69) is 11.9 Å². The SMILES string of the molecule is C=CCOC[C@H](O)CNCCOc1c(OC)cccc1OC. The van der Waals surface area contributed by atoms with E-state index in [9.17, 15) is 5.11 Å². The van der Waals surface area contributed by atoms with E-state index in [-0.39, 0.29) is 6.61 Å². The Balaban J connectivity index is 2.28. The van der Waals surface area contributed by atoms with Gasteiger partial charge in [-0.05, 0) is 12.1 Å². The van der Waals surface area contributed by atoms with E-state index in [0.29, 0.717) is 43.6 Å². The first-order valence-corrected chi connectivity index (χ1v) is 7.14. The van der Waals surface area contributed by atoms with Crippen molar-refractivity contribution in [2.24, 2.45) is 0 Å². The largest absolute Gasteiger partial charge is 0.493 e. The minimum absolute atomic E-state index is 0.278. The standard InChI is InChI=1S/C16H25NO5/c1-4-9-21-12-13(18)11-17-8-10-22-16-14(19-2)6-5-7-15(16)20-3/h4-7,13,17-18H,1,8-12H2,2-3H3/t13-/m1/s1. The van der Waals surface area contributed by atoms with Gasteiger partial charge >= 0.3 is 0 Å². The van der Waals surface area contributed by atoms with Gasteiger partial charge in [0.15, 0.2) is 11.5 Å². The number of ether oxygens (including phenoxy) is 4. The molecule has 6 heteroatoms. The second kappa shape index (κ2) is 10.9. The summed E-state index contributed by atoms with van der Waals surface area (Å²) in [6.07, 6.45) is 1.09. The van der Waals surface area contributed by atoms with E-state index in [0.717, 1.165) is 0 Å². The zero-order chi connectivity index (χ0) is 16.2. The van der Waals surface area contributed by atoms with Gasteiger partial charge < -0.3 is 29.4 Å². The van der Waals surface area contributed by atoms with Crippen molar-refractivity contribution in [3.8, 4) is 17.2 Å². The van der Waals surface area contributed by atoms with E-state index in [1.165, 1.54) is 0 Å². The monoisotopic (exact) mass is 311 g/mol. The van der Waals surface area contributed by atoms with Crippen LogP contribution in [0.1, 0.15) is 0 Å². The van der Waals surface area contributed by atoms with Crippen LogP contribution in [0.2, 0.25) is 0 Å². The highest BCUT2D eigenvalue weighted by molar-refractivity contribution is 5.51. The molecule has 0 saturated carbocycles. The predicted molar refractivity (Wildman–Crippen MR) is 84.9 cm³/mol. The number of nitrogens with one attached hydrogen (secondary N) is 1. The Labute approximate surface area is 131 Å². The summed E-state index contributed by atoms with van der Waals surface area (Å²) >= 11 is 0. The molecule has 0 fully saturated rings. The van der Waals surface area contributed by atoms with Crippen molar-refractivity contribution in [3.63, 3.8) is 0 Å². The zero-order valence-corrected chi connectivity index (χ0v) is 13.2. The van der Waals surface area contributed by atoms with Crippen molar-refractivity contribution in [3.05, 3.63) is 30.9 Å². The van der Waals surface area contributed by atoms with Gasteiger partial charge in [-0.2, -0.15) is 0 Å². The molecule has 0 bridgehead atoms. The van der Waals surface area contributed by atoms with Crippen molar-refractivity contribution >= 4 is 0 Å². The molecule has 0 heterocycles. The third-order valence-electron chi connectivity index (χ3n) is 2.83. The molecule has 1 aromatic rings. The van der Waals surface area contributed by atoms with Gasteiger partial charge in [-0.1, -0.05) is 12.1 Å². The average Bonchev–Trinajstić information content (AvgIpc) is 2.54. The molecular formula is C16H25NO5. The lowest BCUT2D eigenvalue weighted by Crippen LogP contribution is -2.33. The van der Waals surface area contributed by atoms with Crippen LogP contribution in [-0.4, -0.2) is 58.3 Å². The maximum atomic E-state index is 9.65. The fourth-order valence-electron chi connectivity index (χ4n) is 1.80. The van der Waals surface area contributed by atoms with Crippen LogP contribution in [-0.2, 0) is 4.74 Å². The molecule has 0 aromatic heterocycles. The first-order valence-electron chi connectivity index (χ1n) is 7.14. The lowest BCUT2D eigenvalue weighted by Gasteiger charge is -2.15. The molecule has 0 aliphatic heterocycles. The maximum Gasteiger partial charge on any atom is 0.203 e. The minimum atomic E-state index is -0.555. The summed E-state index contributed by atoms with van der Waals surface area (Å²) in [5, 5.41) is 12.7. The molecule has 0 unspecified atom stereocenters. The topological polar surface area (TPSA) is 69.2 Å². The van der Waals surface area contributed by atoms with Gasteiger partial charge in [0.1, 0.15) is 6.61 Å². The van der Waals surface area contributed by atoms with Crippen LogP contribution in [0.15, 0.2) is 30.9 Å². The number of methoxy groups -OCH3 is 2. The number of hydrogen-bond donors (Lipinski definition) is 2. The highest BCUT2D eigenvalue weighted by Crippen LogP contribution is 2.36. The second-order valence-electron chi connectivity index (χ2n) is 4.52. The fourth-order valence-corrected chi connectivity index (χ4v) is 1.80. The lowest BCUT2D eigenvalue weighted by molar-refractivity contribution is 0.0491. The van der Waals surface area contributed by atoms with Crippen LogP contribution in [0.3, 0.4) is 0 Å². The van der Waals surface area contributed by atoms with E-state index in [1.807, 2.05) is 18.2 Å². The molecule has 6 nitrogen and oxygen atoms in total. The summed E-state index contributed by atoms with van der Waals surface area (Å²) in [4.78, 5) is 0. The summed E-state index contributed by atoms with van der Waals surface area (Å²) in [6, 6.07) is 5.46. The summed E-state index contributed by atoms with van der Waals surface area (Å²) in [7, 11) is 3.17. The van der Waals surface area contributed by atoms with E-state index in [1.54, 1.807) is 20.3 Å². The summed E-state index contributed by atoms with van der Waals surface area (Å²) in [5.74, 6) is 1.82. The Morgan fingerprint density at radius 1 is 1.27 bits per heavy atom. The zero-order valence-electron chi connectivity index (χ0n) is 13.2. The Hall–Kier alpha value is -1.76. The molecule has 0 saturated heterocycles. The number of aliphatic hydroxyl groups excluding tert-OH is 1. The van der Waals surface area contributed by atoms with Crippen molar-refractivity contribution in [1.82, 2.24) is 5.32 Å².